The molecule has 1 amide bonds. The standard InChI is InChI=1S/C21H21ClN8O/c1-29-6-8-30(9-7-29)20-14(22)10-13(12-23-20)21(31)26-18-11-17(27-28-18)19-24-15-4-2-3-5-16(15)25-19/h2-5,10-12H,6-9H2,1H3,(H,24,25)(H2,26,27,28,31). The van der Waals surface area contributed by atoms with Crippen LogP contribution < -0.4 is 10.2 Å². The number of H-pyrrole nitrogens is 2. The first-order valence-corrected chi connectivity index (χ1v) is 10.4. The minimum atomic E-state index is -0.331. The number of likely N-dealkylation sites (N-methyl/N-ethyl adjacent to an activating group) is 1. The van der Waals surface area contributed by atoms with Crippen molar-refractivity contribution in [1.29, 1.82) is 0 Å². The van der Waals surface area contributed by atoms with Gasteiger partial charge in [-0.25, -0.2) is 9.97 Å². The van der Waals surface area contributed by atoms with Gasteiger partial charge in [-0.1, -0.05) is 23.7 Å². The predicted molar refractivity (Wildman–Crippen MR) is 121 cm³/mol. The lowest BCUT2D eigenvalue weighted by Crippen LogP contribution is -2.45. The van der Waals surface area contributed by atoms with Crippen LogP contribution in [-0.4, -0.2) is 69.2 Å². The maximum absolute atomic E-state index is 12.7. The molecule has 9 nitrogen and oxygen atoms in total. The molecule has 0 saturated carbocycles. The normalized spacial score (nSPS) is 14.8. The number of fused-ring (bicyclic) bond motifs is 1. The number of benzene rings is 1. The van der Waals surface area contributed by atoms with Crippen LogP contribution in [0.1, 0.15) is 10.4 Å². The molecular formula is C21H21ClN8O. The zero-order valence-corrected chi connectivity index (χ0v) is 17.6. The fraction of sp³-hybridized carbons (Fsp3) is 0.238. The molecule has 4 heterocycles. The van der Waals surface area contributed by atoms with E-state index in [1.54, 1.807) is 18.3 Å². The number of para-hydroxylation sites is 2. The second kappa shape index (κ2) is 8.01. The van der Waals surface area contributed by atoms with Gasteiger partial charge in [0.15, 0.2) is 11.6 Å². The molecule has 1 aliphatic heterocycles. The quantitative estimate of drug-likeness (QED) is 0.454. The summed E-state index contributed by atoms with van der Waals surface area (Å²) in [5.74, 6) is 1.41. The molecule has 1 aliphatic rings. The Morgan fingerprint density at radius 2 is 1.97 bits per heavy atom. The molecule has 1 fully saturated rings. The van der Waals surface area contributed by atoms with E-state index < -0.39 is 0 Å². The van der Waals surface area contributed by atoms with Gasteiger partial charge in [0.05, 0.1) is 21.6 Å². The molecule has 0 unspecified atom stereocenters. The number of anilines is 2. The van der Waals surface area contributed by atoms with Crippen LogP contribution in [0, 0.1) is 0 Å². The minimum absolute atomic E-state index is 0.331. The van der Waals surface area contributed by atoms with Gasteiger partial charge in [-0.3, -0.25) is 9.89 Å². The average Bonchev–Trinajstić information content (AvgIpc) is 3.41. The number of pyridine rings is 1. The Labute approximate surface area is 183 Å². The van der Waals surface area contributed by atoms with E-state index in [0.717, 1.165) is 37.2 Å². The Hall–Kier alpha value is -3.43. The van der Waals surface area contributed by atoms with Crippen LogP contribution in [0.5, 0.6) is 0 Å². The molecule has 10 heteroatoms. The summed E-state index contributed by atoms with van der Waals surface area (Å²) in [5, 5.41) is 10.3. The number of hydrogen-bond acceptors (Lipinski definition) is 6. The van der Waals surface area contributed by atoms with Gasteiger partial charge in [0.2, 0.25) is 0 Å². The van der Waals surface area contributed by atoms with Crippen molar-refractivity contribution in [1.82, 2.24) is 30.0 Å². The van der Waals surface area contributed by atoms with Crippen molar-refractivity contribution < 1.29 is 4.79 Å². The Morgan fingerprint density at radius 1 is 1.16 bits per heavy atom. The second-order valence-corrected chi connectivity index (χ2v) is 7.95. The van der Waals surface area contributed by atoms with E-state index in [1.165, 1.54) is 0 Å². The number of aromatic nitrogens is 5. The third-order valence-electron chi connectivity index (χ3n) is 5.35. The van der Waals surface area contributed by atoms with Crippen molar-refractivity contribution >= 4 is 40.2 Å². The average molecular weight is 437 g/mol. The molecule has 31 heavy (non-hydrogen) atoms. The molecule has 3 aromatic heterocycles. The Kier molecular flexibility index (Phi) is 5.05. The molecule has 0 bridgehead atoms. The highest BCUT2D eigenvalue weighted by Crippen LogP contribution is 2.26. The molecule has 0 aliphatic carbocycles. The maximum atomic E-state index is 12.7. The van der Waals surface area contributed by atoms with Gasteiger partial charge in [-0.15, -0.1) is 0 Å². The topological polar surface area (TPSA) is 106 Å². The summed E-state index contributed by atoms with van der Waals surface area (Å²) in [6.07, 6.45) is 1.54. The van der Waals surface area contributed by atoms with Crippen LogP contribution in [0.4, 0.5) is 11.6 Å². The molecule has 0 atom stereocenters. The number of nitrogens with one attached hydrogen (secondary N) is 3. The summed E-state index contributed by atoms with van der Waals surface area (Å²) >= 11 is 6.44. The Balaban J connectivity index is 1.29. The molecule has 3 N–H and O–H groups in total. The fourth-order valence-electron chi connectivity index (χ4n) is 3.58. The maximum Gasteiger partial charge on any atom is 0.258 e. The van der Waals surface area contributed by atoms with E-state index >= 15 is 0 Å². The lowest BCUT2D eigenvalue weighted by Gasteiger charge is -2.33. The lowest BCUT2D eigenvalue weighted by atomic mass is 10.2. The third-order valence-corrected chi connectivity index (χ3v) is 5.63. The number of carbonyl (C=O) groups is 1. The van der Waals surface area contributed by atoms with Crippen molar-refractivity contribution in [2.24, 2.45) is 0 Å². The molecule has 158 valence electrons. The van der Waals surface area contributed by atoms with Gasteiger partial charge in [0.1, 0.15) is 11.5 Å². The first-order valence-electron chi connectivity index (χ1n) is 9.98. The zero-order valence-electron chi connectivity index (χ0n) is 16.9. The van der Waals surface area contributed by atoms with Crippen molar-refractivity contribution in [3.63, 3.8) is 0 Å². The largest absolute Gasteiger partial charge is 0.353 e. The highest BCUT2D eigenvalue weighted by molar-refractivity contribution is 6.33. The molecule has 4 aromatic rings. The van der Waals surface area contributed by atoms with Crippen molar-refractivity contribution in [2.75, 3.05) is 43.4 Å². The monoisotopic (exact) mass is 436 g/mol. The number of amides is 1. The summed E-state index contributed by atoms with van der Waals surface area (Å²) in [6, 6.07) is 11.1. The number of imidazole rings is 1. The molecular weight excluding hydrogens is 416 g/mol. The van der Waals surface area contributed by atoms with Crippen molar-refractivity contribution in [2.45, 2.75) is 0 Å². The van der Waals surface area contributed by atoms with E-state index in [9.17, 15) is 4.79 Å². The summed E-state index contributed by atoms with van der Waals surface area (Å²) < 4.78 is 0. The van der Waals surface area contributed by atoms with E-state index in [0.29, 0.717) is 33.7 Å². The molecule has 0 spiro atoms. The third kappa shape index (κ3) is 3.97. The molecule has 1 aromatic carbocycles. The fourth-order valence-corrected chi connectivity index (χ4v) is 3.87. The summed E-state index contributed by atoms with van der Waals surface area (Å²) in [4.78, 5) is 29.3. The van der Waals surface area contributed by atoms with Crippen molar-refractivity contribution in [3.8, 4) is 11.5 Å². The molecule has 0 radical (unpaired) electrons. The first-order chi connectivity index (χ1) is 15.1. The van der Waals surface area contributed by atoms with E-state index in [4.69, 9.17) is 11.6 Å². The van der Waals surface area contributed by atoms with Crippen LogP contribution >= 0.6 is 11.6 Å². The lowest BCUT2D eigenvalue weighted by molar-refractivity contribution is 0.102. The van der Waals surface area contributed by atoms with Crippen LogP contribution in [0.15, 0.2) is 42.6 Å². The van der Waals surface area contributed by atoms with Gasteiger partial charge >= 0.3 is 0 Å². The second-order valence-electron chi connectivity index (χ2n) is 7.54. The highest BCUT2D eigenvalue weighted by Gasteiger charge is 2.19. The smallest absolute Gasteiger partial charge is 0.258 e. The van der Waals surface area contributed by atoms with Gasteiger partial charge in [-0.2, -0.15) is 5.10 Å². The number of aromatic amines is 2. The minimum Gasteiger partial charge on any atom is -0.353 e. The Morgan fingerprint density at radius 3 is 2.74 bits per heavy atom. The SMILES string of the molecule is CN1CCN(c2ncc(C(=O)Nc3cc(-c4nc5ccccc5[nH]4)[nH]n3)cc2Cl)CC1. The van der Waals surface area contributed by atoms with Crippen LogP contribution in [-0.2, 0) is 0 Å². The summed E-state index contributed by atoms with van der Waals surface area (Å²) in [6.45, 7) is 3.61. The van der Waals surface area contributed by atoms with E-state index in [1.807, 2.05) is 24.3 Å². The number of rotatable bonds is 4. The number of nitrogens with zero attached hydrogens (tertiary/aromatic N) is 5. The van der Waals surface area contributed by atoms with E-state index in [2.05, 4.69) is 47.3 Å². The predicted octanol–water partition coefficient (Wildman–Crippen LogP) is 3.01. The van der Waals surface area contributed by atoms with Gasteiger partial charge in [0.25, 0.3) is 5.91 Å². The van der Waals surface area contributed by atoms with E-state index in [-0.39, 0.29) is 5.91 Å². The molecule has 5 rings (SSSR count). The Bertz CT molecular complexity index is 1210. The highest BCUT2D eigenvalue weighted by atomic mass is 35.5. The number of piperazine rings is 1. The zero-order chi connectivity index (χ0) is 21.4. The number of carbonyl (C=O) groups excluding carboxylic acids is 1. The van der Waals surface area contributed by atoms with Crippen molar-refractivity contribution in [3.05, 3.63) is 53.2 Å². The first kappa shape index (κ1) is 19.5. The van der Waals surface area contributed by atoms with Crippen LogP contribution in [0.3, 0.4) is 0 Å². The summed E-state index contributed by atoms with van der Waals surface area (Å²) in [5.41, 5.74) is 2.84. The van der Waals surface area contributed by atoms with Crippen LogP contribution in [0.2, 0.25) is 5.02 Å². The summed E-state index contributed by atoms with van der Waals surface area (Å²) in [7, 11) is 2.09. The molecule has 1 saturated heterocycles. The van der Waals surface area contributed by atoms with Crippen LogP contribution in [0.25, 0.3) is 22.6 Å². The number of hydrogen-bond donors (Lipinski definition) is 3. The van der Waals surface area contributed by atoms with Gasteiger partial charge in [0, 0.05) is 38.4 Å². The number of halogens is 1. The van der Waals surface area contributed by atoms with Gasteiger partial charge in [-0.05, 0) is 25.2 Å². The van der Waals surface area contributed by atoms with Gasteiger partial charge < -0.3 is 20.1 Å².